The second-order valence-electron chi connectivity index (χ2n) is 6.69. The van der Waals surface area contributed by atoms with Crippen molar-refractivity contribution in [3.8, 4) is 6.07 Å². The van der Waals surface area contributed by atoms with Crippen LogP contribution >= 0.6 is 0 Å². The van der Waals surface area contributed by atoms with Gasteiger partial charge in [0.2, 0.25) is 5.95 Å². The van der Waals surface area contributed by atoms with Crippen LogP contribution in [0.1, 0.15) is 33.7 Å². The molecule has 138 valence electrons. The molecule has 0 aliphatic carbocycles. The van der Waals surface area contributed by atoms with Crippen LogP contribution in [0.25, 0.3) is 0 Å². The highest BCUT2D eigenvalue weighted by atomic mass is 16.1. The van der Waals surface area contributed by atoms with E-state index in [2.05, 4.69) is 38.4 Å². The lowest BCUT2D eigenvalue weighted by atomic mass is 10.0. The molecule has 6 nitrogen and oxygen atoms in total. The fraction of sp³-hybridized carbons (Fsp3) is 0.182. The first kappa shape index (κ1) is 17.7. The summed E-state index contributed by atoms with van der Waals surface area (Å²) in [6.45, 7) is 2.65. The summed E-state index contributed by atoms with van der Waals surface area (Å²) in [5.74, 6) is 0.158. The van der Waals surface area contributed by atoms with Crippen LogP contribution in [0.3, 0.4) is 0 Å². The molecule has 1 aliphatic rings. The molecule has 0 fully saturated rings. The van der Waals surface area contributed by atoms with Crippen molar-refractivity contribution in [1.29, 1.82) is 5.26 Å². The average Bonchev–Trinajstić information content (AvgIpc) is 2.73. The van der Waals surface area contributed by atoms with Gasteiger partial charge in [-0.3, -0.25) is 4.79 Å². The molecule has 1 aliphatic heterocycles. The van der Waals surface area contributed by atoms with Gasteiger partial charge in [0.25, 0.3) is 5.91 Å². The van der Waals surface area contributed by atoms with Crippen LogP contribution in [0.4, 0.5) is 17.3 Å². The zero-order valence-corrected chi connectivity index (χ0v) is 15.5. The Morgan fingerprint density at radius 3 is 2.79 bits per heavy atom. The molecule has 0 saturated carbocycles. The van der Waals surface area contributed by atoms with Crippen LogP contribution in [-0.2, 0) is 6.42 Å². The number of nitrogens with zero attached hydrogens (tertiary/aromatic N) is 4. The number of fused-ring (bicyclic) bond motifs is 1. The molecule has 28 heavy (non-hydrogen) atoms. The van der Waals surface area contributed by atoms with Crippen molar-refractivity contribution in [2.75, 3.05) is 16.8 Å². The van der Waals surface area contributed by atoms with Crippen molar-refractivity contribution in [3.63, 3.8) is 0 Å². The van der Waals surface area contributed by atoms with Gasteiger partial charge in [0.05, 0.1) is 11.3 Å². The summed E-state index contributed by atoms with van der Waals surface area (Å²) in [6, 6.07) is 18.8. The standard InChI is InChI=1S/C22H19N5O/c1-15-13-19(21(28)25-18-10-4-2-8-17(18)14-23)26-22(24-15)27-12-6-9-16-7-3-5-11-20(16)27/h2-5,7-8,10-11,13H,6,9,12H2,1H3,(H,25,28). The highest BCUT2D eigenvalue weighted by Gasteiger charge is 2.22. The Bertz CT molecular complexity index is 1090. The Morgan fingerprint density at radius 1 is 1.14 bits per heavy atom. The van der Waals surface area contributed by atoms with Gasteiger partial charge in [-0.1, -0.05) is 30.3 Å². The number of para-hydroxylation sites is 2. The first-order chi connectivity index (χ1) is 13.7. The van der Waals surface area contributed by atoms with Crippen molar-refractivity contribution in [2.45, 2.75) is 19.8 Å². The number of amides is 1. The number of aryl methyl sites for hydroxylation is 2. The van der Waals surface area contributed by atoms with E-state index in [0.29, 0.717) is 22.9 Å². The Balaban J connectivity index is 1.67. The molecule has 3 aromatic rings. The highest BCUT2D eigenvalue weighted by Crippen LogP contribution is 2.31. The van der Waals surface area contributed by atoms with Crippen LogP contribution in [0.2, 0.25) is 0 Å². The number of carbonyl (C=O) groups excluding carboxylic acids is 1. The van der Waals surface area contributed by atoms with Gasteiger partial charge >= 0.3 is 0 Å². The predicted octanol–water partition coefficient (Wildman–Crippen LogP) is 3.99. The molecule has 2 aromatic carbocycles. The number of hydrogen-bond acceptors (Lipinski definition) is 5. The SMILES string of the molecule is Cc1cc(C(=O)Nc2ccccc2C#N)nc(N2CCCc3ccccc32)n1. The first-order valence-electron chi connectivity index (χ1n) is 9.17. The summed E-state index contributed by atoms with van der Waals surface area (Å²) >= 11 is 0. The molecule has 0 atom stereocenters. The molecule has 1 N–H and O–H groups in total. The van der Waals surface area contributed by atoms with Crippen molar-refractivity contribution in [3.05, 3.63) is 77.1 Å². The van der Waals surface area contributed by atoms with Crippen LogP contribution < -0.4 is 10.2 Å². The fourth-order valence-electron chi connectivity index (χ4n) is 3.41. The van der Waals surface area contributed by atoms with E-state index in [-0.39, 0.29) is 11.6 Å². The lowest BCUT2D eigenvalue weighted by Crippen LogP contribution is -2.27. The summed E-state index contributed by atoms with van der Waals surface area (Å²) in [7, 11) is 0. The van der Waals surface area contributed by atoms with Gasteiger partial charge in [-0.25, -0.2) is 9.97 Å². The molecule has 1 aromatic heterocycles. The van der Waals surface area contributed by atoms with Crippen LogP contribution in [0.5, 0.6) is 0 Å². The van der Waals surface area contributed by atoms with Crippen LogP contribution in [-0.4, -0.2) is 22.4 Å². The minimum Gasteiger partial charge on any atom is -0.319 e. The zero-order valence-electron chi connectivity index (χ0n) is 15.5. The minimum absolute atomic E-state index is 0.276. The van der Waals surface area contributed by atoms with Gasteiger partial charge in [-0.05, 0) is 49.6 Å². The average molecular weight is 369 g/mol. The monoisotopic (exact) mass is 369 g/mol. The number of anilines is 3. The number of benzene rings is 2. The van der Waals surface area contributed by atoms with Crippen molar-refractivity contribution >= 4 is 23.2 Å². The van der Waals surface area contributed by atoms with Crippen molar-refractivity contribution in [2.24, 2.45) is 0 Å². The third kappa shape index (κ3) is 3.42. The number of rotatable bonds is 3. The summed E-state index contributed by atoms with van der Waals surface area (Å²) in [6.07, 6.45) is 2.03. The minimum atomic E-state index is -0.361. The Kier molecular flexibility index (Phi) is 4.73. The highest BCUT2D eigenvalue weighted by molar-refractivity contribution is 6.03. The molecule has 0 spiro atoms. The smallest absolute Gasteiger partial charge is 0.274 e. The molecule has 0 saturated heterocycles. The van der Waals surface area contributed by atoms with Gasteiger partial charge < -0.3 is 10.2 Å². The predicted molar refractivity (Wildman–Crippen MR) is 108 cm³/mol. The maximum absolute atomic E-state index is 12.8. The van der Waals surface area contributed by atoms with E-state index in [1.807, 2.05) is 19.1 Å². The molecule has 0 bridgehead atoms. The molecule has 0 unspecified atom stereocenters. The Hall–Kier alpha value is -3.72. The Labute approximate surface area is 163 Å². The zero-order chi connectivity index (χ0) is 19.5. The second-order valence-corrected chi connectivity index (χ2v) is 6.69. The summed E-state index contributed by atoms with van der Waals surface area (Å²) in [5.41, 5.74) is 4.21. The van der Waals surface area contributed by atoms with Gasteiger partial charge in [0.1, 0.15) is 11.8 Å². The number of carbonyl (C=O) groups is 1. The number of aromatic nitrogens is 2. The summed E-state index contributed by atoms with van der Waals surface area (Å²) < 4.78 is 0. The van der Waals surface area contributed by atoms with Gasteiger partial charge in [-0.15, -0.1) is 0 Å². The molecule has 4 rings (SSSR count). The number of hydrogen-bond donors (Lipinski definition) is 1. The van der Waals surface area contributed by atoms with Crippen molar-refractivity contribution < 1.29 is 4.79 Å². The summed E-state index contributed by atoms with van der Waals surface area (Å²) in [4.78, 5) is 23.9. The normalized spacial score (nSPS) is 12.8. The van der Waals surface area contributed by atoms with E-state index in [9.17, 15) is 10.1 Å². The second kappa shape index (κ2) is 7.49. The molecule has 1 amide bonds. The number of nitrogens with one attached hydrogen (secondary N) is 1. The maximum Gasteiger partial charge on any atom is 0.274 e. The topological polar surface area (TPSA) is 81.9 Å². The van der Waals surface area contributed by atoms with E-state index >= 15 is 0 Å². The van der Waals surface area contributed by atoms with E-state index in [4.69, 9.17) is 0 Å². The quantitative estimate of drug-likeness (QED) is 0.755. The first-order valence-corrected chi connectivity index (χ1v) is 9.17. The van der Waals surface area contributed by atoms with E-state index in [1.165, 1.54) is 5.56 Å². The van der Waals surface area contributed by atoms with Gasteiger partial charge in [0.15, 0.2) is 0 Å². The van der Waals surface area contributed by atoms with Crippen LogP contribution in [0, 0.1) is 18.3 Å². The third-order valence-electron chi connectivity index (χ3n) is 4.72. The van der Waals surface area contributed by atoms with E-state index in [1.54, 1.807) is 30.3 Å². The van der Waals surface area contributed by atoms with Gasteiger partial charge in [-0.2, -0.15) is 5.26 Å². The van der Waals surface area contributed by atoms with E-state index in [0.717, 1.165) is 25.1 Å². The lowest BCUT2D eigenvalue weighted by molar-refractivity contribution is 0.102. The third-order valence-corrected chi connectivity index (χ3v) is 4.72. The molecular weight excluding hydrogens is 350 g/mol. The fourth-order valence-corrected chi connectivity index (χ4v) is 3.41. The molecule has 0 radical (unpaired) electrons. The molecular formula is C22H19N5O. The molecule has 6 heteroatoms. The van der Waals surface area contributed by atoms with Crippen molar-refractivity contribution in [1.82, 2.24) is 9.97 Å². The maximum atomic E-state index is 12.8. The Morgan fingerprint density at radius 2 is 1.93 bits per heavy atom. The molecule has 2 heterocycles. The van der Waals surface area contributed by atoms with Gasteiger partial charge in [0, 0.05) is 17.9 Å². The lowest BCUT2D eigenvalue weighted by Gasteiger charge is -2.29. The largest absolute Gasteiger partial charge is 0.319 e. The van der Waals surface area contributed by atoms with E-state index < -0.39 is 0 Å². The number of nitriles is 1. The summed E-state index contributed by atoms with van der Waals surface area (Å²) in [5, 5.41) is 12.0. The van der Waals surface area contributed by atoms with Crippen LogP contribution in [0.15, 0.2) is 54.6 Å².